The summed E-state index contributed by atoms with van der Waals surface area (Å²) in [6.07, 6.45) is 9.63. The van der Waals surface area contributed by atoms with Crippen molar-refractivity contribution in [2.75, 3.05) is 0 Å². The van der Waals surface area contributed by atoms with E-state index >= 15 is 0 Å². The third-order valence-corrected chi connectivity index (χ3v) is 4.20. The zero-order chi connectivity index (χ0) is 10.8. The first kappa shape index (κ1) is 10.7. The number of hydrogen-bond donors (Lipinski definition) is 1. The number of carboxylic acids is 1. The summed E-state index contributed by atoms with van der Waals surface area (Å²) in [6.45, 7) is 2.27. The highest BCUT2D eigenvalue weighted by Crippen LogP contribution is 2.51. The molecule has 0 radical (unpaired) electrons. The van der Waals surface area contributed by atoms with Crippen molar-refractivity contribution in [3.63, 3.8) is 0 Å². The van der Waals surface area contributed by atoms with Crippen LogP contribution in [0, 0.1) is 23.7 Å². The molecule has 0 heterocycles. The highest BCUT2D eigenvalue weighted by atomic mass is 16.4. The predicted molar refractivity (Wildman–Crippen MR) is 59.5 cm³/mol. The molecule has 0 aromatic rings. The topological polar surface area (TPSA) is 37.3 Å². The molecule has 1 saturated carbocycles. The lowest BCUT2D eigenvalue weighted by Crippen LogP contribution is -2.19. The Bertz CT molecular complexity index is 270. The number of carboxylic acid groups (broad SMARTS) is 1. The van der Waals surface area contributed by atoms with Gasteiger partial charge in [0, 0.05) is 6.42 Å². The average Bonchev–Trinajstić information content (AvgIpc) is 2.76. The van der Waals surface area contributed by atoms with Crippen LogP contribution in [-0.4, -0.2) is 11.1 Å². The van der Waals surface area contributed by atoms with Crippen LogP contribution in [0.25, 0.3) is 0 Å². The molecule has 0 aliphatic heterocycles. The van der Waals surface area contributed by atoms with Gasteiger partial charge >= 0.3 is 5.97 Å². The SMILES string of the molecule is CCC1C2C=CC(C2)C1CCCC(=O)O. The van der Waals surface area contributed by atoms with E-state index in [1.165, 1.54) is 12.8 Å². The molecule has 4 atom stereocenters. The van der Waals surface area contributed by atoms with E-state index in [-0.39, 0.29) is 0 Å². The Morgan fingerprint density at radius 1 is 1.33 bits per heavy atom. The second kappa shape index (κ2) is 4.38. The fourth-order valence-electron chi connectivity index (χ4n) is 3.55. The van der Waals surface area contributed by atoms with E-state index in [1.54, 1.807) is 0 Å². The fraction of sp³-hybridized carbons (Fsp3) is 0.769. The minimum atomic E-state index is -0.651. The number of hydrogen-bond acceptors (Lipinski definition) is 1. The van der Waals surface area contributed by atoms with Crippen LogP contribution < -0.4 is 0 Å². The summed E-state index contributed by atoms with van der Waals surface area (Å²) in [5, 5.41) is 8.63. The summed E-state index contributed by atoms with van der Waals surface area (Å²) < 4.78 is 0. The molecule has 2 nitrogen and oxygen atoms in total. The Morgan fingerprint density at radius 2 is 2.00 bits per heavy atom. The van der Waals surface area contributed by atoms with Crippen molar-refractivity contribution >= 4 is 5.97 Å². The standard InChI is InChI=1S/C13H20O2/c1-2-11-9-6-7-10(8-9)12(11)4-3-5-13(14)15/h6-7,9-12H,2-5,8H2,1H3,(H,14,15). The second-order valence-electron chi connectivity index (χ2n) is 4.97. The molecule has 0 aromatic heterocycles. The van der Waals surface area contributed by atoms with Gasteiger partial charge < -0.3 is 5.11 Å². The fourth-order valence-corrected chi connectivity index (χ4v) is 3.55. The maximum atomic E-state index is 10.5. The molecule has 0 aromatic carbocycles. The van der Waals surface area contributed by atoms with Crippen LogP contribution in [0.2, 0.25) is 0 Å². The highest BCUT2D eigenvalue weighted by molar-refractivity contribution is 5.66. The van der Waals surface area contributed by atoms with Gasteiger partial charge in [-0.2, -0.15) is 0 Å². The third-order valence-electron chi connectivity index (χ3n) is 4.20. The molecule has 2 heteroatoms. The molecular weight excluding hydrogens is 188 g/mol. The van der Waals surface area contributed by atoms with Gasteiger partial charge in [-0.25, -0.2) is 0 Å². The number of rotatable bonds is 5. The van der Waals surface area contributed by atoms with Gasteiger partial charge in [0.05, 0.1) is 0 Å². The predicted octanol–water partition coefficient (Wildman–Crippen LogP) is 3.09. The molecular formula is C13H20O2. The van der Waals surface area contributed by atoms with Crippen molar-refractivity contribution in [3.8, 4) is 0 Å². The maximum absolute atomic E-state index is 10.5. The molecule has 2 aliphatic carbocycles. The van der Waals surface area contributed by atoms with Crippen LogP contribution in [0.1, 0.15) is 39.0 Å². The first-order chi connectivity index (χ1) is 7.22. The minimum Gasteiger partial charge on any atom is -0.481 e. The van der Waals surface area contributed by atoms with E-state index in [4.69, 9.17) is 5.11 Å². The molecule has 0 spiro atoms. The van der Waals surface area contributed by atoms with E-state index in [9.17, 15) is 4.79 Å². The molecule has 2 bridgehead atoms. The van der Waals surface area contributed by atoms with Crippen LogP contribution in [0.5, 0.6) is 0 Å². The average molecular weight is 208 g/mol. The molecule has 84 valence electrons. The second-order valence-corrected chi connectivity index (χ2v) is 4.97. The van der Waals surface area contributed by atoms with Crippen molar-refractivity contribution in [1.82, 2.24) is 0 Å². The van der Waals surface area contributed by atoms with Crippen LogP contribution in [0.4, 0.5) is 0 Å². The first-order valence-electron chi connectivity index (χ1n) is 6.12. The van der Waals surface area contributed by atoms with Gasteiger partial charge in [-0.1, -0.05) is 25.5 Å². The Morgan fingerprint density at radius 3 is 2.60 bits per heavy atom. The van der Waals surface area contributed by atoms with Gasteiger partial charge in [-0.15, -0.1) is 0 Å². The Kier molecular flexibility index (Phi) is 3.13. The summed E-state index contributed by atoms with van der Waals surface area (Å²) in [4.78, 5) is 10.5. The number of aliphatic carboxylic acids is 1. The quantitative estimate of drug-likeness (QED) is 0.705. The summed E-state index contributed by atoms with van der Waals surface area (Å²) in [5.41, 5.74) is 0. The van der Waals surface area contributed by atoms with Crippen molar-refractivity contribution in [1.29, 1.82) is 0 Å². The Hall–Kier alpha value is -0.790. The van der Waals surface area contributed by atoms with Crippen molar-refractivity contribution in [2.45, 2.75) is 39.0 Å². The maximum Gasteiger partial charge on any atom is 0.303 e. The van der Waals surface area contributed by atoms with Gasteiger partial charge in [-0.05, 0) is 42.9 Å². The molecule has 2 aliphatic rings. The van der Waals surface area contributed by atoms with E-state index in [0.717, 1.165) is 36.5 Å². The van der Waals surface area contributed by atoms with Crippen LogP contribution in [0.15, 0.2) is 12.2 Å². The van der Waals surface area contributed by atoms with Gasteiger partial charge in [0.2, 0.25) is 0 Å². The van der Waals surface area contributed by atoms with E-state index < -0.39 is 5.97 Å². The van der Waals surface area contributed by atoms with Crippen LogP contribution >= 0.6 is 0 Å². The zero-order valence-electron chi connectivity index (χ0n) is 9.36. The normalized spacial score (nSPS) is 37.4. The van der Waals surface area contributed by atoms with Gasteiger partial charge in [0.1, 0.15) is 0 Å². The lowest BCUT2D eigenvalue weighted by atomic mass is 9.78. The summed E-state index contributed by atoms with van der Waals surface area (Å²) in [5.74, 6) is 2.50. The molecule has 1 fully saturated rings. The number of fused-ring (bicyclic) bond motifs is 2. The number of carbonyl (C=O) groups is 1. The molecule has 0 saturated heterocycles. The molecule has 4 unspecified atom stereocenters. The van der Waals surface area contributed by atoms with Gasteiger partial charge in [0.25, 0.3) is 0 Å². The van der Waals surface area contributed by atoms with Crippen LogP contribution in [0.3, 0.4) is 0 Å². The smallest absolute Gasteiger partial charge is 0.303 e. The number of allylic oxidation sites excluding steroid dienone is 2. The van der Waals surface area contributed by atoms with Crippen molar-refractivity contribution in [2.24, 2.45) is 23.7 Å². The monoisotopic (exact) mass is 208 g/mol. The summed E-state index contributed by atoms with van der Waals surface area (Å²) in [7, 11) is 0. The Labute approximate surface area is 91.4 Å². The lowest BCUT2D eigenvalue weighted by Gasteiger charge is -2.26. The zero-order valence-corrected chi connectivity index (χ0v) is 9.36. The molecule has 15 heavy (non-hydrogen) atoms. The summed E-state index contributed by atoms with van der Waals surface area (Å²) >= 11 is 0. The van der Waals surface area contributed by atoms with Crippen molar-refractivity contribution in [3.05, 3.63) is 12.2 Å². The molecule has 0 amide bonds. The van der Waals surface area contributed by atoms with E-state index in [1.807, 2.05) is 0 Å². The minimum absolute atomic E-state index is 0.341. The largest absolute Gasteiger partial charge is 0.481 e. The van der Waals surface area contributed by atoms with Gasteiger partial charge in [-0.3, -0.25) is 4.79 Å². The summed E-state index contributed by atoms with van der Waals surface area (Å²) in [6, 6.07) is 0. The molecule has 2 rings (SSSR count). The van der Waals surface area contributed by atoms with Gasteiger partial charge in [0.15, 0.2) is 0 Å². The first-order valence-corrected chi connectivity index (χ1v) is 6.12. The molecule has 1 N–H and O–H groups in total. The lowest BCUT2D eigenvalue weighted by molar-refractivity contribution is -0.137. The highest BCUT2D eigenvalue weighted by Gasteiger charge is 2.42. The Balaban J connectivity index is 1.86. The van der Waals surface area contributed by atoms with E-state index in [2.05, 4.69) is 19.1 Å². The van der Waals surface area contributed by atoms with Crippen LogP contribution in [-0.2, 0) is 4.79 Å². The third kappa shape index (κ3) is 2.09. The van der Waals surface area contributed by atoms with E-state index in [0.29, 0.717) is 6.42 Å². The van der Waals surface area contributed by atoms with Crippen molar-refractivity contribution < 1.29 is 9.90 Å².